The Morgan fingerprint density at radius 1 is 1.15 bits per heavy atom. The van der Waals surface area contributed by atoms with E-state index in [1.807, 2.05) is 0 Å². The summed E-state index contributed by atoms with van der Waals surface area (Å²) < 4.78 is 6.00. The number of nitrogens with one attached hydrogen (secondary N) is 1. The van der Waals surface area contributed by atoms with E-state index in [0.29, 0.717) is 17.9 Å². The maximum Gasteiger partial charge on any atom is 0.119 e. The fourth-order valence-corrected chi connectivity index (χ4v) is 2.54. The first-order valence-electron chi connectivity index (χ1n) is 7.96. The van der Waals surface area contributed by atoms with E-state index < -0.39 is 0 Å². The summed E-state index contributed by atoms with van der Waals surface area (Å²) in [5.41, 5.74) is 2.73. The highest BCUT2D eigenvalue weighted by Crippen LogP contribution is 2.23. The Morgan fingerprint density at radius 2 is 1.85 bits per heavy atom. The van der Waals surface area contributed by atoms with Crippen molar-refractivity contribution in [1.29, 1.82) is 0 Å². The van der Waals surface area contributed by atoms with Crippen molar-refractivity contribution in [3.05, 3.63) is 29.3 Å². The summed E-state index contributed by atoms with van der Waals surface area (Å²) in [4.78, 5) is 0. The molecule has 0 fully saturated rings. The number of hydrogen-bond donors (Lipinski definition) is 1. The number of likely N-dealkylation sites (N-methyl/N-ethyl adjacent to an activating group) is 1. The molecule has 114 valence electrons. The largest absolute Gasteiger partial charge is 0.492 e. The molecule has 1 N–H and O–H groups in total. The van der Waals surface area contributed by atoms with Crippen molar-refractivity contribution in [2.45, 2.75) is 59.9 Å². The van der Waals surface area contributed by atoms with Crippen LogP contribution in [0, 0.1) is 12.8 Å². The van der Waals surface area contributed by atoms with Crippen molar-refractivity contribution in [3.8, 4) is 5.75 Å². The predicted octanol–water partition coefficient (Wildman–Crippen LogP) is 4.52. The summed E-state index contributed by atoms with van der Waals surface area (Å²) in [5, 5.41) is 3.52. The summed E-state index contributed by atoms with van der Waals surface area (Å²) >= 11 is 0. The number of rotatable bonds is 8. The first-order valence-corrected chi connectivity index (χ1v) is 7.96. The van der Waals surface area contributed by atoms with Crippen LogP contribution in [-0.4, -0.2) is 19.2 Å². The van der Waals surface area contributed by atoms with E-state index in [1.165, 1.54) is 17.5 Å². The molecule has 1 rings (SSSR count). The highest BCUT2D eigenvalue weighted by molar-refractivity contribution is 5.36. The van der Waals surface area contributed by atoms with Gasteiger partial charge >= 0.3 is 0 Å². The van der Waals surface area contributed by atoms with Gasteiger partial charge in [-0.15, -0.1) is 0 Å². The SMILES string of the molecule is CCNC(COc1ccc(C(C)C)c(C)c1)C(C)CC. The molecule has 0 aromatic heterocycles. The zero-order chi connectivity index (χ0) is 15.1. The van der Waals surface area contributed by atoms with Crippen molar-refractivity contribution in [2.75, 3.05) is 13.2 Å². The van der Waals surface area contributed by atoms with E-state index in [0.717, 1.165) is 18.9 Å². The molecule has 2 nitrogen and oxygen atoms in total. The molecule has 0 heterocycles. The Labute approximate surface area is 124 Å². The fraction of sp³-hybridized carbons (Fsp3) is 0.667. The molecular weight excluding hydrogens is 246 g/mol. The van der Waals surface area contributed by atoms with Gasteiger partial charge in [-0.1, -0.05) is 47.1 Å². The van der Waals surface area contributed by atoms with Gasteiger partial charge in [0.05, 0.1) is 0 Å². The Kier molecular flexibility index (Phi) is 7.08. The predicted molar refractivity (Wildman–Crippen MR) is 87.7 cm³/mol. The molecule has 0 saturated heterocycles. The molecular formula is C18H31NO. The Morgan fingerprint density at radius 3 is 2.35 bits per heavy atom. The number of hydrogen-bond acceptors (Lipinski definition) is 2. The Balaban J connectivity index is 2.66. The van der Waals surface area contributed by atoms with Gasteiger partial charge < -0.3 is 10.1 Å². The van der Waals surface area contributed by atoms with Crippen LogP contribution in [0.1, 0.15) is 58.1 Å². The molecule has 1 aromatic carbocycles. The minimum absolute atomic E-state index is 0.426. The molecule has 0 aliphatic rings. The van der Waals surface area contributed by atoms with E-state index in [1.54, 1.807) is 0 Å². The summed E-state index contributed by atoms with van der Waals surface area (Å²) in [5.74, 6) is 2.18. The maximum atomic E-state index is 6.00. The first-order chi connectivity index (χ1) is 9.49. The van der Waals surface area contributed by atoms with Gasteiger partial charge in [0.25, 0.3) is 0 Å². The second kappa shape index (κ2) is 8.31. The monoisotopic (exact) mass is 277 g/mol. The average molecular weight is 277 g/mol. The second-order valence-corrected chi connectivity index (χ2v) is 6.03. The van der Waals surface area contributed by atoms with Crippen LogP contribution in [0.4, 0.5) is 0 Å². The van der Waals surface area contributed by atoms with E-state index in [9.17, 15) is 0 Å². The quantitative estimate of drug-likeness (QED) is 0.754. The van der Waals surface area contributed by atoms with Crippen LogP contribution in [0.5, 0.6) is 5.75 Å². The third kappa shape index (κ3) is 4.82. The van der Waals surface area contributed by atoms with Crippen LogP contribution in [0.25, 0.3) is 0 Å². The third-order valence-electron chi connectivity index (χ3n) is 4.09. The lowest BCUT2D eigenvalue weighted by molar-refractivity contribution is 0.222. The molecule has 0 aliphatic heterocycles. The minimum Gasteiger partial charge on any atom is -0.492 e. The molecule has 0 spiro atoms. The zero-order valence-corrected chi connectivity index (χ0v) is 14.0. The molecule has 1 aromatic rings. The van der Waals surface area contributed by atoms with Gasteiger partial charge in [0.2, 0.25) is 0 Å². The zero-order valence-electron chi connectivity index (χ0n) is 14.0. The molecule has 0 saturated carbocycles. The number of benzene rings is 1. The van der Waals surface area contributed by atoms with Crippen LogP contribution in [0.15, 0.2) is 18.2 Å². The Hall–Kier alpha value is -1.02. The van der Waals surface area contributed by atoms with Crippen molar-refractivity contribution < 1.29 is 4.74 Å². The van der Waals surface area contributed by atoms with Gasteiger partial charge in [-0.2, -0.15) is 0 Å². The lowest BCUT2D eigenvalue weighted by Gasteiger charge is -2.24. The average Bonchev–Trinajstić information content (AvgIpc) is 2.42. The van der Waals surface area contributed by atoms with Crippen LogP contribution >= 0.6 is 0 Å². The van der Waals surface area contributed by atoms with Crippen molar-refractivity contribution in [2.24, 2.45) is 5.92 Å². The Bertz CT molecular complexity index is 400. The highest BCUT2D eigenvalue weighted by atomic mass is 16.5. The van der Waals surface area contributed by atoms with Gasteiger partial charge in [0.15, 0.2) is 0 Å². The molecule has 0 amide bonds. The summed E-state index contributed by atoms with van der Waals surface area (Å²) in [7, 11) is 0. The van der Waals surface area contributed by atoms with Crippen molar-refractivity contribution >= 4 is 0 Å². The van der Waals surface area contributed by atoms with Crippen LogP contribution in [0.3, 0.4) is 0 Å². The summed E-state index contributed by atoms with van der Waals surface area (Å²) in [6, 6.07) is 6.88. The van der Waals surface area contributed by atoms with Gasteiger partial charge in [0, 0.05) is 6.04 Å². The van der Waals surface area contributed by atoms with Gasteiger partial charge in [0.1, 0.15) is 12.4 Å². The van der Waals surface area contributed by atoms with E-state index in [-0.39, 0.29) is 0 Å². The highest BCUT2D eigenvalue weighted by Gasteiger charge is 2.15. The fourth-order valence-electron chi connectivity index (χ4n) is 2.54. The second-order valence-electron chi connectivity index (χ2n) is 6.03. The number of ether oxygens (including phenoxy) is 1. The number of aryl methyl sites for hydroxylation is 1. The van der Waals surface area contributed by atoms with Gasteiger partial charge in [-0.25, -0.2) is 0 Å². The molecule has 0 bridgehead atoms. The lowest BCUT2D eigenvalue weighted by atomic mass is 9.98. The molecule has 2 atom stereocenters. The topological polar surface area (TPSA) is 21.3 Å². The minimum atomic E-state index is 0.426. The molecule has 0 aliphatic carbocycles. The van der Waals surface area contributed by atoms with Crippen LogP contribution in [0.2, 0.25) is 0 Å². The summed E-state index contributed by atoms with van der Waals surface area (Å²) in [6.07, 6.45) is 1.17. The van der Waals surface area contributed by atoms with E-state index in [2.05, 4.69) is 65.1 Å². The smallest absolute Gasteiger partial charge is 0.119 e. The third-order valence-corrected chi connectivity index (χ3v) is 4.09. The van der Waals surface area contributed by atoms with Gasteiger partial charge in [-0.05, 0) is 48.6 Å². The van der Waals surface area contributed by atoms with E-state index in [4.69, 9.17) is 4.74 Å². The molecule has 20 heavy (non-hydrogen) atoms. The van der Waals surface area contributed by atoms with Crippen LogP contribution in [-0.2, 0) is 0 Å². The maximum absolute atomic E-state index is 6.00. The molecule has 2 unspecified atom stereocenters. The van der Waals surface area contributed by atoms with Crippen LogP contribution < -0.4 is 10.1 Å². The molecule has 2 heteroatoms. The first kappa shape index (κ1) is 17.0. The van der Waals surface area contributed by atoms with Crippen molar-refractivity contribution in [1.82, 2.24) is 5.32 Å². The lowest BCUT2D eigenvalue weighted by Crippen LogP contribution is -2.39. The standard InChI is InChI=1S/C18H31NO/c1-7-14(5)18(19-8-2)12-20-16-9-10-17(13(3)4)15(6)11-16/h9-11,13-14,18-19H,7-8,12H2,1-6H3. The van der Waals surface area contributed by atoms with Gasteiger partial charge in [-0.3, -0.25) is 0 Å². The summed E-state index contributed by atoms with van der Waals surface area (Å²) in [6.45, 7) is 15.0. The van der Waals surface area contributed by atoms with Crippen molar-refractivity contribution in [3.63, 3.8) is 0 Å². The normalized spacial score (nSPS) is 14.3. The molecule has 0 radical (unpaired) electrons. The van der Waals surface area contributed by atoms with E-state index >= 15 is 0 Å².